The molecule has 26 heavy (non-hydrogen) atoms. The summed E-state index contributed by atoms with van der Waals surface area (Å²) in [5, 5.41) is 0.0594. The van der Waals surface area contributed by atoms with Crippen molar-refractivity contribution in [3.05, 3.63) is 60.2 Å². The van der Waals surface area contributed by atoms with E-state index in [0.29, 0.717) is 17.7 Å². The van der Waals surface area contributed by atoms with Gasteiger partial charge in [-0.05, 0) is 37.6 Å². The van der Waals surface area contributed by atoms with E-state index < -0.39 is 20.2 Å². The van der Waals surface area contributed by atoms with Gasteiger partial charge in [0.15, 0.2) is 14.3 Å². The van der Waals surface area contributed by atoms with Crippen LogP contribution in [0.15, 0.2) is 54.6 Å². The Balaban J connectivity index is 2.13. The molecule has 0 fully saturated rings. The van der Waals surface area contributed by atoms with Crippen molar-refractivity contribution in [1.29, 1.82) is 0 Å². The summed E-state index contributed by atoms with van der Waals surface area (Å²) >= 11 is 0. The van der Waals surface area contributed by atoms with Gasteiger partial charge in [-0.2, -0.15) is 13.2 Å². The van der Waals surface area contributed by atoms with Crippen LogP contribution in [-0.4, -0.2) is 24.4 Å². The number of benzene rings is 2. The molecule has 0 aliphatic carbocycles. The average Bonchev–Trinajstić information content (AvgIpc) is 2.64. The van der Waals surface area contributed by atoms with Gasteiger partial charge < -0.3 is 9.26 Å². The molecule has 7 heteroatoms. The highest BCUT2D eigenvalue weighted by molar-refractivity contribution is 7.61. The molecule has 3 nitrogen and oxygen atoms in total. The predicted octanol–water partition coefficient (Wildman–Crippen LogP) is 5.31. The fourth-order valence-electron chi connectivity index (χ4n) is 2.36. The number of hydrogen-bond donors (Lipinski definition) is 0. The molecule has 0 aliphatic rings. The smallest absolute Gasteiger partial charge is 0.434 e. The molecular formula is C19H20F3O3P. The third kappa shape index (κ3) is 5.29. The molecule has 0 spiro atoms. The number of ether oxygens (including phenoxy) is 1. The van der Waals surface area contributed by atoms with Crippen molar-refractivity contribution in [2.24, 2.45) is 0 Å². The lowest BCUT2D eigenvalue weighted by atomic mass is 10.0. The van der Waals surface area contributed by atoms with Crippen molar-refractivity contribution in [3.63, 3.8) is 0 Å². The molecule has 140 valence electrons. The average molecular weight is 384 g/mol. The molecule has 2 unspecified atom stereocenters. The Labute approximate surface area is 152 Å². The Hall–Kier alpha value is -1.91. The highest BCUT2D eigenvalue weighted by atomic mass is 31.1. The first kappa shape index (κ1) is 20.4. The second kappa shape index (κ2) is 9.15. The molecule has 0 N–H and O–H groups in total. The third-order valence-corrected chi connectivity index (χ3v) is 5.30. The molecule has 2 atom stereocenters. The molecule has 2 aromatic carbocycles. The van der Waals surface area contributed by atoms with Gasteiger partial charge in [0, 0.05) is 17.5 Å². The summed E-state index contributed by atoms with van der Waals surface area (Å²) in [5.41, 5.74) is 0.535. The number of ketones is 1. The second-order valence-electron chi connectivity index (χ2n) is 5.42. The summed E-state index contributed by atoms with van der Waals surface area (Å²) < 4.78 is 49.8. The first-order valence-corrected chi connectivity index (χ1v) is 9.48. The number of carbonyl (C=O) groups is 1. The van der Waals surface area contributed by atoms with Crippen LogP contribution in [0, 0.1) is 0 Å². The highest BCUT2D eigenvalue weighted by Crippen LogP contribution is 2.53. The Morgan fingerprint density at radius 1 is 1.04 bits per heavy atom. The molecule has 0 saturated heterocycles. The van der Waals surface area contributed by atoms with Gasteiger partial charge in [-0.3, -0.25) is 4.79 Å². The van der Waals surface area contributed by atoms with E-state index >= 15 is 0 Å². The van der Waals surface area contributed by atoms with Crippen LogP contribution in [0.5, 0.6) is 5.75 Å². The quantitative estimate of drug-likeness (QED) is 0.457. The lowest BCUT2D eigenvalue weighted by Crippen LogP contribution is -2.26. The molecular weight excluding hydrogens is 364 g/mol. The van der Waals surface area contributed by atoms with E-state index in [2.05, 4.69) is 0 Å². The Bertz CT molecular complexity index is 702. The van der Waals surface area contributed by atoms with Crippen molar-refractivity contribution in [3.8, 4) is 5.75 Å². The zero-order valence-electron chi connectivity index (χ0n) is 14.5. The van der Waals surface area contributed by atoms with Gasteiger partial charge in [0.25, 0.3) is 0 Å². The van der Waals surface area contributed by atoms with Crippen molar-refractivity contribution in [2.45, 2.75) is 32.3 Å². The summed E-state index contributed by atoms with van der Waals surface area (Å²) in [6, 6.07) is 14.3. The minimum absolute atomic E-state index is 0.0209. The van der Waals surface area contributed by atoms with E-state index in [1.165, 1.54) is 31.2 Å². The van der Waals surface area contributed by atoms with E-state index in [4.69, 9.17) is 9.26 Å². The van der Waals surface area contributed by atoms with E-state index in [0.717, 1.165) is 0 Å². The molecule has 0 aliphatic heterocycles. The van der Waals surface area contributed by atoms with Gasteiger partial charge in [-0.1, -0.05) is 37.3 Å². The van der Waals surface area contributed by atoms with E-state index in [-0.39, 0.29) is 17.7 Å². The van der Waals surface area contributed by atoms with Crippen LogP contribution < -0.4 is 10.0 Å². The summed E-state index contributed by atoms with van der Waals surface area (Å²) in [6.07, 6.45) is -0.247. The van der Waals surface area contributed by atoms with Crippen LogP contribution in [0.1, 0.15) is 30.6 Å². The van der Waals surface area contributed by atoms with Crippen LogP contribution in [0.25, 0.3) is 0 Å². The maximum atomic E-state index is 13.1. The SMILES string of the molecule is CCOP(c1ccc(OC(CC)C(=O)c2ccccc2)cc1)C(F)(F)F. The molecule has 0 saturated carbocycles. The van der Waals surface area contributed by atoms with Crippen molar-refractivity contribution in [2.75, 3.05) is 6.61 Å². The van der Waals surface area contributed by atoms with E-state index in [1.54, 1.807) is 24.3 Å². The number of hydrogen-bond acceptors (Lipinski definition) is 3. The van der Waals surface area contributed by atoms with E-state index in [1.807, 2.05) is 13.0 Å². The zero-order chi connectivity index (χ0) is 19.2. The Morgan fingerprint density at radius 2 is 1.65 bits per heavy atom. The standard InChI is InChI=1S/C19H20F3O3P/c1-3-17(18(23)14-8-6-5-7-9-14)25-15-10-12-16(13-11-15)26(24-4-2)19(20,21)22/h5-13,17H,3-4H2,1-2H3. The first-order chi connectivity index (χ1) is 12.4. The van der Waals surface area contributed by atoms with Crippen LogP contribution in [-0.2, 0) is 4.52 Å². The summed E-state index contributed by atoms with van der Waals surface area (Å²) in [5.74, 6) is -4.24. The second-order valence-corrected chi connectivity index (χ2v) is 7.29. The van der Waals surface area contributed by atoms with Crippen LogP contribution in [0.4, 0.5) is 13.2 Å². The summed E-state index contributed by atoms with van der Waals surface area (Å²) in [7, 11) is -2.70. The zero-order valence-corrected chi connectivity index (χ0v) is 15.4. The Kier molecular flexibility index (Phi) is 7.18. The van der Waals surface area contributed by atoms with Crippen LogP contribution >= 0.6 is 8.15 Å². The largest absolute Gasteiger partial charge is 0.482 e. The first-order valence-electron chi connectivity index (χ1n) is 8.22. The van der Waals surface area contributed by atoms with Gasteiger partial charge in [0.05, 0.1) is 0 Å². The highest BCUT2D eigenvalue weighted by Gasteiger charge is 2.42. The minimum Gasteiger partial charge on any atom is -0.482 e. The molecule has 0 bridgehead atoms. The predicted molar refractivity (Wildman–Crippen MR) is 96.2 cm³/mol. The lowest BCUT2D eigenvalue weighted by molar-refractivity contribution is -0.0480. The van der Waals surface area contributed by atoms with Crippen molar-refractivity contribution < 1.29 is 27.2 Å². The van der Waals surface area contributed by atoms with Crippen molar-refractivity contribution >= 4 is 19.2 Å². The van der Waals surface area contributed by atoms with Crippen LogP contribution in [0.2, 0.25) is 0 Å². The topological polar surface area (TPSA) is 35.5 Å². The summed E-state index contributed by atoms with van der Waals surface area (Å²) in [6.45, 7) is 3.32. The van der Waals surface area contributed by atoms with Crippen molar-refractivity contribution in [1.82, 2.24) is 0 Å². The van der Waals surface area contributed by atoms with Gasteiger partial charge in [0.2, 0.25) is 5.78 Å². The maximum Gasteiger partial charge on any atom is 0.434 e. The minimum atomic E-state index is -4.43. The number of carbonyl (C=O) groups excluding carboxylic acids is 1. The number of rotatable bonds is 8. The Morgan fingerprint density at radius 3 is 2.15 bits per heavy atom. The number of alkyl halides is 3. The fourth-order valence-corrected chi connectivity index (χ4v) is 3.62. The molecule has 2 rings (SSSR count). The molecule has 2 aromatic rings. The van der Waals surface area contributed by atoms with E-state index in [9.17, 15) is 18.0 Å². The third-order valence-electron chi connectivity index (χ3n) is 3.56. The lowest BCUT2D eigenvalue weighted by Gasteiger charge is -2.21. The monoisotopic (exact) mass is 384 g/mol. The fraction of sp³-hybridized carbons (Fsp3) is 0.316. The van der Waals surface area contributed by atoms with Gasteiger partial charge in [-0.25, -0.2) is 0 Å². The molecule has 0 heterocycles. The van der Waals surface area contributed by atoms with Crippen LogP contribution in [0.3, 0.4) is 0 Å². The molecule has 0 aromatic heterocycles. The molecule has 0 radical (unpaired) electrons. The normalized spacial score (nSPS) is 13.9. The number of Topliss-reactive ketones (excluding diaryl/α,β-unsaturated/α-hetero) is 1. The number of halogens is 3. The molecule has 0 amide bonds. The maximum absolute atomic E-state index is 13.1. The van der Waals surface area contributed by atoms with Gasteiger partial charge in [-0.15, -0.1) is 0 Å². The van der Waals surface area contributed by atoms with Gasteiger partial charge >= 0.3 is 5.92 Å². The summed E-state index contributed by atoms with van der Waals surface area (Å²) in [4.78, 5) is 12.5. The van der Waals surface area contributed by atoms with Gasteiger partial charge in [0.1, 0.15) is 5.75 Å².